The van der Waals surface area contributed by atoms with Crippen molar-refractivity contribution in [2.24, 2.45) is 0 Å². The molecule has 1 fully saturated rings. The molecular formula is C26H23N5O2. The predicted molar refractivity (Wildman–Crippen MR) is 124 cm³/mol. The van der Waals surface area contributed by atoms with Gasteiger partial charge < -0.3 is 14.5 Å². The second-order valence-electron chi connectivity index (χ2n) is 7.74. The molecule has 2 aromatic carbocycles. The van der Waals surface area contributed by atoms with Crippen LogP contribution in [0.15, 0.2) is 66.9 Å². The molecular weight excluding hydrogens is 414 g/mol. The molecule has 3 aromatic rings. The second-order valence-corrected chi connectivity index (χ2v) is 7.74. The van der Waals surface area contributed by atoms with Gasteiger partial charge in [-0.15, -0.1) is 0 Å². The molecule has 0 atom stereocenters. The summed E-state index contributed by atoms with van der Waals surface area (Å²) >= 11 is 0. The number of aromatic nitrogens is 1. The van der Waals surface area contributed by atoms with E-state index in [1.54, 1.807) is 42.6 Å². The molecule has 0 saturated carbocycles. The molecule has 7 heteroatoms. The van der Waals surface area contributed by atoms with Crippen LogP contribution in [0.25, 0.3) is 0 Å². The van der Waals surface area contributed by atoms with E-state index in [1.807, 2.05) is 29.2 Å². The van der Waals surface area contributed by atoms with E-state index >= 15 is 0 Å². The lowest BCUT2D eigenvalue weighted by atomic mass is 10.1. The third kappa shape index (κ3) is 5.28. The third-order valence-corrected chi connectivity index (χ3v) is 5.55. The number of ether oxygens (including phenoxy) is 1. The number of nitrogens with zero attached hydrogens (tertiary/aromatic N) is 5. The summed E-state index contributed by atoms with van der Waals surface area (Å²) in [5, 5.41) is 18.3. The Hall–Kier alpha value is -4.36. The van der Waals surface area contributed by atoms with Crippen molar-refractivity contribution >= 4 is 11.7 Å². The van der Waals surface area contributed by atoms with Crippen molar-refractivity contribution in [2.45, 2.75) is 13.0 Å². The van der Waals surface area contributed by atoms with Crippen molar-refractivity contribution < 1.29 is 9.53 Å². The average molecular weight is 438 g/mol. The first kappa shape index (κ1) is 21.9. The fourth-order valence-electron chi connectivity index (χ4n) is 3.84. The second kappa shape index (κ2) is 10.3. The quantitative estimate of drug-likeness (QED) is 0.603. The normalized spacial score (nSPS) is 13.5. The number of benzene rings is 2. The van der Waals surface area contributed by atoms with Gasteiger partial charge >= 0.3 is 0 Å². The van der Waals surface area contributed by atoms with Gasteiger partial charge in [-0.3, -0.25) is 4.79 Å². The van der Waals surface area contributed by atoms with Crippen LogP contribution in [0.1, 0.15) is 33.5 Å². The van der Waals surface area contributed by atoms with E-state index in [-0.39, 0.29) is 5.91 Å². The predicted octanol–water partition coefficient (Wildman–Crippen LogP) is 3.76. The van der Waals surface area contributed by atoms with Gasteiger partial charge in [0, 0.05) is 37.9 Å². The van der Waals surface area contributed by atoms with E-state index in [2.05, 4.69) is 22.0 Å². The molecule has 0 unspecified atom stereocenters. The summed E-state index contributed by atoms with van der Waals surface area (Å²) in [6, 6.07) is 22.2. The molecule has 33 heavy (non-hydrogen) atoms. The Morgan fingerprint density at radius 2 is 1.82 bits per heavy atom. The van der Waals surface area contributed by atoms with Crippen LogP contribution in [-0.2, 0) is 6.61 Å². The standard InChI is InChI=1S/C26H23N5O2/c27-17-20-7-9-24(10-8-20)33-19-21-4-1-5-22(16-21)26(32)31-13-3-12-30(14-15-31)25-23(18-28)6-2-11-29-25/h1-2,4-11,16H,3,12-15,19H2. The van der Waals surface area contributed by atoms with E-state index in [0.717, 1.165) is 18.5 Å². The van der Waals surface area contributed by atoms with Crippen molar-refractivity contribution in [1.82, 2.24) is 9.88 Å². The van der Waals surface area contributed by atoms with Gasteiger partial charge in [0.05, 0.1) is 17.2 Å². The number of hydrogen-bond acceptors (Lipinski definition) is 6. The van der Waals surface area contributed by atoms with Crippen molar-refractivity contribution in [3.8, 4) is 17.9 Å². The molecule has 0 bridgehead atoms. The van der Waals surface area contributed by atoms with Crippen LogP contribution >= 0.6 is 0 Å². The Bertz CT molecular complexity index is 1210. The lowest BCUT2D eigenvalue weighted by Gasteiger charge is -2.23. The van der Waals surface area contributed by atoms with Crippen LogP contribution in [0.4, 0.5) is 5.82 Å². The van der Waals surface area contributed by atoms with Crippen molar-refractivity contribution in [2.75, 3.05) is 31.1 Å². The number of nitriles is 2. The fourth-order valence-corrected chi connectivity index (χ4v) is 3.84. The number of rotatable bonds is 5. The number of anilines is 1. The molecule has 0 N–H and O–H groups in total. The zero-order chi connectivity index (χ0) is 23.0. The van der Waals surface area contributed by atoms with Crippen LogP contribution in [0.3, 0.4) is 0 Å². The smallest absolute Gasteiger partial charge is 0.253 e. The minimum Gasteiger partial charge on any atom is -0.489 e. The Kier molecular flexibility index (Phi) is 6.82. The molecule has 4 rings (SSSR count). The van der Waals surface area contributed by atoms with Gasteiger partial charge in [0.25, 0.3) is 5.91 Å². The van der Waals surface area contributed by atoms with Gasteiger partial charge in [-0.2, -0.15) is 10.5 Å². The molecule has 1 saturated heterocycles. The number of pyridine rings is 1. The molecule has 164 valence electrons. The largest absolute Gasteiger partial charge is 0.489 e. The van der Waals surface area contributed by atoms with Crippen LogP contribution in [0, 0.1) is 22.7 Å². The summed E-state index contributed by atoms with van der Waals surface area (Å²) in [5.74, 6) is 1.33. The van der Waals surface area contributed by atoms with E-state index in [0.29, 0.717) is 54.5 Å². The number of carbonyl (C=O) groups is 1. The summed E-state index contributed by atoms with van der Waals surface area (Å²) in [5.41, 5.74) is 2.65. The first-order valence-corrected chi connectivity index (χ1v) is 10.8. The lowest BCUT2D eigenvalue weighted by molar-refractivity contribution is 0.0767. The maximum Gasteiger partial charge on any atom is 0.253 e. The summed E-state index contributed by atoms with van der Waals surface area (Å²) in [6.07, 6.45) is 2.49. The highest BCUT2D eigenvalue weighted by Gasteiger charge is 2.22. The maximum atomic E-state index is 13.2. The topological polar surface area (TPSA) is 93.2 Å². The number of hydrogen-bond donors (Lipinski definition) is 0. The monoisotopic (exact) mass is 437 g/mol. The summed E-state index contributed by atoms with van der Waals surface area (Å²) < 4.78 is 5.80. The zero-order valence-corrected chi connectivity index (χ0v) is 18.1. The molecule has 2 heterocycles. The molecule has 1 amide bonds. The third-order valence-electron chi connectivity index (χ3n) is 5.55. The van der Waals surface area contributed by atoms with Gasteiger partial charge in [-0.1, -0.05) is 12.1 Å². The Labute approximate surface area is 193 Å². The summed E-state index contributed by atoms with van der Waals surface area (Å²) in [4.78, 5) is 21.5. The first-order valence-electron chi connectivity index (χ1n) is 10.8. The van der Waals surface area contributed by atoms with Crippen LogP contribution < -0.4 is 9.64 Å². The Balaban J connectivity index is 1.39. The number of amides is 1. The summed E-state index contributed by atoms with van der Waals surface area (Å²) in [7, 11) is 0. The lowest BCUT2D eigenvalue weighted by Crippen LogP contribution is -2.35. The maximum absolute atomic E-state index is 13.2. The molecule has 1 aliphatic rings. The zero-order valence-electron chi connectivity index (χ0n) is 18.1. The van der Waals surface area contributed by atoms with Gasteiger partial charge in [0.15, 0.2) is 0 Å². The van der Waals surface area contributed by atoms with Crippen molar-refractivity contribution in [3.63, 3.8) is 0 Å². The van der Waals surface area contributed by atoms with Crippen LogP contribution in [-0.4, -0.2) is 42.0 Å². The van der Waals surface area contributed by atoms with Crippen molar-refractivity contribution in [3.05, 3.63) is 89.1 Å². The number of carbonyl (C=O) groups excluding carboxylic acids is 1. The minimum atomic E-state index is -0.0152. The highest BCUT2D eigenvalue weighted by Crippen LogP contribution is 2.20. The van der Waals surface area contributed by atoms with E-state index < -0.39 is 0 Å². The highest BCUT2D eigenvalue weighted by molar-refractivity contribution is 5.94. The van der Waals surface area contributed by atoms with Crippen LogP contribution in [0.5, 0.6) is 5.75 Å². The molecule has 0 aliphatic carbocycles. The average Bonchev–Trinajstić information content (AvgIpc) is 3.14. The van der Waals surface area contributed by atoms with E-state index in [4.69, 9.17) is 10.00 Å². The fraction of sp³-hybridized carbons (Fsp3) is 0.231. The Morgan fingerprint density at radius 1 is 0.970 bits per heavy atom. The Morgan fingerprint density at radius 3 is 2.61 bits per heavy atom. The summed E-state index contributed by atoms with van der Waals surface area (Å²) in [6.45, 7) is 2.91. The van der Waals surface area contributed by atoms with E-state index in [1.165, 1.54) is 0 Å². The van der Waals surface area contributed by atoms with Gasteiger partial charge in [0.1, 0.15) is 24.2 Å². The minimum absolute atomic E-state index is 0.0152. The highest BCUT2D eigenvalue weighted by atomic mass is 16.5. The van der Waals surface area contributed by atoms with E-state index in [9.17, 15) is 10.1 Å². The van der Waals surface area contributed by atoms with Gasteiger partial charge in [0.2, 0.25) is 0 Å². The molecule has 1 aromatic heterocycles. The van der Waals surface area contributed by atoms with Gasteiger partial charge in [-0.05, 0) is 60.5 Å². The van der Waals surface area contributed by atoms with Crippen molar-refractivity contribution in [1.29, 1.82) is 10.5 Å². The molecule has 0 radical (unpaired) electrons. The first-order chi connectivity index (χ1) is 16.2. The van der Waals surface area contributed by atoms with Crippen LogP contribution in [0.2, 0.25) is 0 Å². The SMILES string of the molecule is N#Cc1ccc(OCc2cccc(C(=O)N3CCCN(c4ncccc4C#N)CC3)c2)cc1. The molecule has 7 nitrogen and oxygen atoms in total. The molecule has 0 spiro atoms. The molecule has 1 aliphatic heterocycles. The van der Waals surface area contributed by atoms with Gasteiger partial charge in [-0.25, -0.2) is 4.98 Å².